The van der Waals surface area contributed by atoms with Crippen LogP contribution in [0.25, 0.3) is 0 Å². The van der Waals surface area contributed by atoms with Gasteiger partial charge in [-0.2, -0.15) is 0 Å². The second-order valence-corrected chi connectivity index (χ2v) is 5.63. The van der Waals surface area contributed by atoms with E-state index >= 15 is 0 Å². The molecule has 0 fully saturated rings. The number of aryl methyl sites for hydroxylation is 2. The molecule has 0 saturated carbocycles. The number of halogens is 1. The van der Waals surface area contributed by atoms with Gasteiger partial charge < -0.3 is 15.2 Å². The summed E-state index contributed by atoms with van der Waals surface area (Å²) in [4.78, 5) is 0. The molecule has 2 N–H and O–H groups in total. The first-order chi connectivity index (χ1) is 10.6. The predicted molar refractivity (Wildman–Crippen MR) is 91.1 cm³/mol. The van der Waals surface area contributed by atoms with E-state index in [1.165, 1.54) is 5.56 Å². The minimum Gasteiger partial charge on any atom is -0.490 e. The lowest BCUT2D eigenvalue weighted by Gasteiger charge is -2.11. The number of benzene rings is 2. The van der Waals surface area contributed by atoms with Gasteiger partial charge in [-0.3, -0.25) is 0 Å². The Kier molecular flexibility index (Phi) is 6.10. The zero-order chi connectivity index (χ0) is 15.9. The second kappa shape index (κ2) is 8.06. The average molecular weight is 320 g/mol. The fourth-order valence-electron chi connectivity index (χ4n) is 2.23. The van der Waals surface area contributed by atoms with Crippen molar-refractivity contribution < 1.29 is 9.47 Å². The molecule has 0 aliphatic rings. The van der Waals surface area contributed by atoms with Gasteiger partial charge in [0.05, 0.1) is 0 Å². The largest absolute Gasteiger partial charge is 0.490 e. The highest BCUT2D eigenvalue weighted by molar-refractivity contribution is 6.32. The van der Waals surface area contributed by atoms with Crippen molar-refractivity contribution >= 4 is 11.6 Å². The maximum absolute atomic E-state index is 6.14. The molecule has 0 aliphatic carbocycles. The Bertz CT molecular complexity index is 588. The van der Waals surface area contributed by atoms with E-state index in [1.807, 2.05) is 50.2 Å². The van der Waals surface area contributed by atoms with E-state index in [2.05, 4.69) is 0 Å². The molecule has 0 aromatic heterocycles. The van der Waals surface area contributed by atoms with Crippen LogP contribution in [0.5, 0.6) is 11.5 Å². The molecule has 0 atom stereocenters. The normalized spacial score (nSPS) is 10.5. The molecule has 0 spiro atoms. The van der Waals surface area contributed by atoms with Gasteiger partial charge in [0.15, 0.2) is 0 Å². The molecule has 0 saturated heterocycles. The SMILES string of the molecule is Cc1cc(OCCOc2ccc(CCN)cc2)cc(C)c1Cl. The molecule has 2 rings (SSSR count). The van der Waals surface area contributed by atoms with Gasteiger partial charge in [-0.15, -0.1) is 0 Å². The van der Waals surface area contributed by atoms with Crippen molar-refractivity contribution in [3.05, 3.63) is 58.1 Å². The molecule has 0 aliphatic heterocycles. The molecule has 0 radical (unpaired) electrons. The molecular weight excluding hydrogens is 298 g/mol. The quantitative estimate of drug-likeness (QED) is 0.787. The van der Waals surface area contributed by atoms with Crippen molar-refractivity contribution in [1.29, 1.82) is 0 Å². The Labute approximate surface area is 137 Å². The van der Waals surface area contributed by atoms with E-state index < -0.39 is 0 Å². The van der Waals surface area contributed by atoms with Crippen LogP contribution in [0.3, 0.4) is 0 Å². The van der Waals surface area contributed by atoms with Crippen LogP contribution in [-0.2, 0) is 6.42 Å². The van der Waals surface area contributed by atoms with E-state index in [-0.39, 0.29) is 0 Å². The highest BCUT2D eigenvalue weighted by atomic mass is 35.5. The molecule has 2 aromatic rings. The van der Waals surface area contributed by atoms with Gasteiger partial charge >= 0.3 is 0 Å². The van der Waals surface area contributed by atoms with E-state index in [0.29, 0.717) is 19.8 Å². The van der Waals surface area contributed by atoms with Crippen LogP contribution in [0.4, 0.5) is 0 Å². The van der Waals surface area contributed by atoms with Crippen LogP contribution in [0, 0.1) is 13.8 Å². The summed E-state index contributed by atoms with van der Waals surface area (Å²) < 4.78 is 11.4. The van der Waals surface area contributed by atoms with Gasteiger partial charge in [0, 0.05) is 5.02 Å². The van der Waals surface area contributed by atoms with Crippen LogP contribution in [0.15, 0.2) is 36.4 Å². The number of hydrogen-bond donors (Lipinski definition) is 1. The summed E-state index contributed by atoms with van der Waals surface area (Å²) in [5, 5.41) is 0.793. The number of rotatable bonds is 7. The van der Waals surface area contributed by atoms with Crippen LogP contribution in [-0.4, -0.2) is 19.8 Å². The molecule has 4 heteroatoms. The summed E-state index contributed by atoms with van der Waals surface area (Å²) in [6, 6.07) is 11.9. The zero-order valence-corrected chi connectivity index (χ0v) is 13.8. The van der Waals surface area contributed by atoms with Crippen molar-refractivity contribution in [3.8, 4) is 11.5 Å². The highest BCUT2D eigenvalue weighted by Gasteiger charge is 2.03. The van der Waals surface area contributed by atoms with Crippen molar-refractivity contribution in [1.82, 2.24) is 0 Å². The van der Waals surface area contributed by atoms with Gasteiger partial charge in [0.25, 0.3) is 0 Å². The molecule has 0 heterocycles. The molecule has 22 heavy (non-hydrogen) atoms. The van der Waals surface area contributed by atoms with Crippen molar-refractivity contribution in [3.63, 3.8) is 0 Å². The van der Waals surface area contributed by atoms with Gasteiger partial charge in [-0.05, 0) is 67.8 Å². The van der Waals surface area contributed by atoms with Gasteiger partial charge in [0.2, 0.25) is 0 Å². The Morgan fingerprint density at radius 3 is 2.00 bits per heavy atom. The molecule has 0 unspecified atom stereocenters. The highest BCUT2D eigenvalue weighted by Crippen LogP contribution is 2.25. The summed E-state index contributed by atoms with van der Waals surface area (Å²) in [5.74, 6) is 1.66. The summed E-state index contributed by atoms with van der Waals surface area (Å²) in [7, 11) is 0. The molecule has 0 amide bonds. The molecule has 0 bridgehead atoms. The monoisotopic (exact) mass is 319 g/mol. The lowest BCUT2D eigenvalue weighted by molar-refractivity contribution is 0.217. The van der Waals surface area contributed by atoms with E-state index in [1.54, 1.807) is 0 Å². The fraction of sp³-hybridized carbons (Fsp3) is 0.333. The third-order valence-electron chi connectivity index (χ3n) is 3.39. The Balaban J connectivity index is 1.79. The van der Waals surface area contributed by atoms with Gasteiger partial charge in [-0.25, -0.2) is 0 Å². The predicted octanol–water partition coefficient (Wildman–Crippen LogP) is 3.92. The lowest BCUT2D eigenvalue weighted by atomic mass is 10.1. The maximum Gasteiger partial charge on any atom is 0.122 e. The van der Waals surface area contributed by atoms with Crippen LogP contribution < -0.4 is 15.2 Å². The average Bonchev–Trinajstić information content (AvgIpc) is 2.51. The maximum atomic E-state index is 6.14. The van der Waals surface area contributed by atoms with E-state index in [9.17, 15) is 0 Å². The summed E-state index contributed by atoms with van der Waals surface area (Å²) in [6.45, 7) is 5.60. The number of ether oxygens (including phenoxy) is 2. The molecular formula is C18H22ClNO2. The van der Waals surface area contributed by atoms with E-state index in [0.717, 1.165) is 34.1 Å². The van der Waals surface area contributed by atoms with E-state index in [4.69, 9.17) is 26.8 Å². The van der Waals surface area contributed by atoms with Crippen LogP contribution >= 0.6 is 11.6 Å². The zero-order valence-electron chi connectivity index (χ0n) is 13.1. The van der Waals surface area contributed by atoms with Crippen LogP contribution in [0.2, 0.25) is 5.02 Å². The Hall–Kier alpha value is -1.71. The number of hydrogen-bond acceptors (Lipinski definition) is 3. The van der Waals surface area contributed by atoms with Crippen molar-refractivity contribution in [2.75, 3.05) is 19.8 Å². The van der Waals surface area contributed by atoms with Crippen molar-refractivity contribution in [2.45, 2.75) is 20.3 Å². The summed E-state index contributed by atoms with van der Waals surface area (Å²) in [5.41, 5.74) is 8.79. The topological polar surface area (TPSA) is 44.5 Å². The van der Waals surface area contributed by atoms with Gasteiger partial charge in [-0.1, -0.05) is 23.7 Å². The van der Waals surface area contributed by atoms with Gasteiger partial charge in [0.1, 0.15) is 24.7 Å². The number of nitrogens with two attached hydrogens (primary N) is 1. The third-order valence-corrected chi connectivity index (χ3v) is 3.98. The first kappa shape index (κ1) is 16.7. The minimum absolute atomic E-state index is 0.491. The second-order valence-electron chi connectivity index (χ2n) is 5.25. The smallest absolute Gasteiger partial charge is 0.122 e. The molecule has 2 aromatic carbocycles. The molecule has 3 nitrogen and oxygen atoms in total. The first-order valence-electron chi connectivity index (χ1n) is 7.41. The van der Waals surface area contributed by atoms with Crippen molar-refractivity contribution in [2.24, 2.45) is 5.73 Å². The standard InChI is InChI=1S/C18H22ClNO2/c1-13-11-17(12-14(2)18(13)19)22-10-9-21-16-5-3-15(4-6-16)7-8-20/h3-6,11-12H,7-10,20H2,1-2H3. The Morgan fingerprint density at radius 2 is 1.45 bits per heavy atom. The summed E-state index contributed by atoms with van der Waals surface area (Å²) in [6.07, 6.45) is 0.888. The minimum atomic E-state index is 0.491. The lowest BCUT2D eigenvalue weighted by Crippen LogP contribution is -2.09. The summed E-state index contributed by atoms with van der Waals surface area (Å²) >= 11 is 6.14. The fourth-order valence-corrected chi connectivity index (χ4v) is 2.34. The van der Waals surface area contributed by atoms with Crippen LogP contribution in [0.1, 0.15) is 16.7 Å². The third kappa shape index (κ3) is 4.65. The Morgan fingerprint density at radius 1 is 0.909 bits per heavy atom. The molecule has 118 valence electrons. The first-order valence-corrected chi connectivity index (χ1v) is 7.79.